The molecule has 3 heterocycles. The first-order valence-corrected chi connectivity index (χ1v) is 4.91. The quantitative estimate of drug-likeness (QED) is 0.571. The van der Waals surface area contributed by atoms with Crippen LogP contribution in [0.25, 0.3) is 21.9 Å². The number of pyridine rings is 1. The number of carbonyl (C=O) groups is 1. The summed E-state index contributed by atoms with van der Waals surface area (Å²) in [6, 6.07) is 1.46. The average Bonchev–Trinajstić information content (AvgIpc) is 2.82. The fourth-order valence-corrected chi connectivity index (χ4v) is 1.96. The molecule has 4 N–H and O–H groups in total. The second kappa shape index (κ2) is 2.97. The fraction of sp³-hybridized carbons (Fsp3) is 0.100. The molecule has 0 spiro atoms. The van der Waals surface area contributed by atoms with Crippen molar-refractivity contribution >= 4 is 33.7 Å². The number of hydrogen-bond donors (Lipinski definition) is 3. The van der Waals surface area contributed by atoms with Gasteiger partial charge in [-0.2, -0.15) is 5.10 Å². The summed E-state index contributed by atoms with van der Waals surface area (Å²) < 4.78 is 1.61. The number of nitrogens with one attached hydrogen (secondary N) is 1. The van der Waals surface area contributed by atoms with E-state index >= 15 is 0 Å². The van der Waals surface area contributed by atoms with Crippen molar-refractivity contribution in [2.75, 3.05) is 5.73 Å². The average molecular weight is 231 g/mol. The minimum absolute atomic E-state index is 0.0863. The maximum atomic E-state index is 10.9. The number of carboxylic acid groups (broad SMARTS) is 1. The van der Waals surface area contributed by atoms with Crippen LogP contribution in [0.4, 0.5) is 5.82 Å². The molecule has 17 heavy (non-hydrogen) atoms. The summed E-state index contributed by atoms with van der Waals surface area (Å²) in [5, 5.41) is 13.8. The topological polar surface area (TPSA) is 110 Å². The van der Waals surface area contributed by atoms with Crippen LogP contribution in [0.5, 0.6) is 0 Å². The predicted octanol–water partition coefficient (Wildman–Crippen LogP) is 0.730. The summed E-state index contributed by atoms with van der Waals surface area (Å²) in [4.78, 5) is 17.9. The van der Waals surface area contributed by atoms with Gasteiger partial charge in [-0.25, -0.2) is 9.78 Å². The van der Waals surface area contributed by atoms with E-state index in [0.717, 1.165) is 5.39 Å². The molecular weight excluding hydrogens is 222 g/mol. The van der Waals surface area contributed by atoms with Crippen LogP contribution in [0.15, 0.2) is 12.3 Å². The van der Waals surface area contributed by atoms with E-state index in [-0.39, 0.29) is 5.69 Å². The fourth-order valence-electron chi connectivity index (χ4n) is 1.96. The lowest BCUT2D eigenvalue weighted by molar-refractivity contribution is 0.0691. The van der Waals surface area contributed by atoms with E-state index in [4.69, 9.17) is 10.8 Å². The first-order valence-electron chi connectivity index (χ1n) is 4.91. The molecule has 7 nitrogen and oxygen atoms in total. The maximum absolute atomic E-state index is 10.9. The van der Waals surface area contributed by atoms with E-state index in [2.05, 4.69) is 15.1 Å². The Morgan fingerprint density at radius 1 is 1.59 bits per heavy atom. The zero-order valence-electron chi connectivity index (χ0n) is 8.93. The lowest BCUT2D eigenvalue weighted by Crippen LogP contribution is -1.97. The second-order valence-corrected chi connectivity index (χ2v) is 3.78. The molecule has 7 heteroatoms. The Labute approximate surface area is 94.9 Å². The number of carboxylic acids is 1. The molecule has 0 atom stereocenters. The number of nitrogens with two attached hydrogens (primary N) is 1. The third kappa shape index (κ3) is 1.19. The number of aromatic amines is 1. The number of aromatic nitrogens is 4. The van der Waals surface area contributed by atoms with Crippen LogP contribution in [-0.4, -0.2) is 30.8 Å². The third-order valence-electron chi connectivity index (χ3n) is 2.72. The van der Waals surface area contributed by atoms with E-state index in [0.29, 0.717) is 22.4 Å². The van der Waals surface area contributed by atoms with Gasteiger partial charge in [-0.05, 0) is 6.07 Å². The Kier molecular flexibility index (Phi) is 1.68. The highest BCUT2D eigenvalue weighted by Crippen LogP contribution is 2.27. The first-order chi connectivity index (χ1) is 8.08. The van der Waals surface area contributed by atoms with Gasteiger partial charge >= 0.3 is 5.97 Å². The van der Waals surface area contributed by atoms with Crippen LogP contribution in [-0.2, 0) is 7.05 Å². The molecule has 0 saturated carbocycles. The van der Waals surface area contributed by atoms with Crippen molar-refractivity contribution < 1.29 is 9.90 Å². The minimum Gasteiger partial charge on any atom is -0.477 e. The van der Waals surface area contributed by atoms with Gasteiger partial charge in [0, 0.05) is 12.4 Å². The zero-order valence-corrected chi connectivity index (χ0v) is 8.93. The van der Waals surface area contributed by atoms with Gasteiger partial charge in [0.1, 0.15) is 17.0 Å². The van der Waals surface area contributed by atoms with Crippen LogP contribution in [0.2, 0.25) is 0 Å². The lowest BCUT2D eigenvalue weighted by atomic mass is 10.2. The first kappa shape index (κ1) is 9.64. The molecule has 0 unspecified atom stereocenters. The van der Waals surface area contributed by atoms with Gasteiger partial charge in [-0.3, -0.25) is 4.68 Å². The van der Waals surface area contributed by atoms with Crippen LogP contribution >= 0.6 is 0 Å². The highest BCUT2D eigenvalue weighted by atomic mass is 16.4. The van der Waals surface area contributed by atoms with Crippen LogP contribution in [0.1, 0.15) is 10.5 Å². The van der Waals surface area contributed by atoms with Crippen molar-refractivity contribution in [3.05, 3.63) is 18.0 Å². The van der Waals surface area contributed by atoms with Gasteiger partial charge in [0.2, 0.25) is 0 Å². The summed E-state index contributed by atoms with van der Waals surface area (Å²) in [6.07, 6.45) is 1.64. The molecule has 0 aliphatic carbocycles. The second-order valence-electron chi connectivity index (χ2n) is 3.78. The van der Waals surface area contributed by atoms with Gasteiger partial charge in [-0.15, -0.1) is 0 Å². The van der Waals surface area contributed by atoms with Gasteiger partial charge in [0.15, 0.2) is 0 Å². The zero-order chi connectivity index (χ0) is 12.2. The van der Waals surface area contributed by atoms with Crippen molar-refractivity contribution in [2.24, 2.45) is 7.05 Å². The largest absolute Gasteiger partial charge is 0.477 e. The SMILES string of the molecule is Cn1ncc2c3[nH]c(C(=O)O)cc3nc(N)c21. The number of nitrogen functional groups attached to an aromatic ring is 1. The molecule has 0 fully saturated rings. The number of fused-ring (bicyclic) bond motifs is 3. The number of hydrogen-bond acceptors (Lipinski definition) is 4. The highest BCUT2D eigenvalue weighted by molar-refractivity contribution is 6.08. The Balaban J connectivity index is 2.50. The third-order valence-corrected chi connectivity index (χ3v) is 2.72. The molecule has 0 saturated heterocycles. The molecule has 0 radical (unpaired) electrons. The standard InChI is InChI=1S/C10H9N5O2/c1-15-8-4(3-12-15)7-5(14-9(8)11)2-6(13-7)10(16)17/h2-3,13H,1H3,(H2,11,14)(H,16,17). The summed E-state index contributed by atoms with van der Waals surface area (Å²) >= 11 is 0. The van der Waals surface area contributed by atoms with E-state index in [1.807, 2.05) is 0 Å². The van der Waals surface area contributed by atoms with E-state index < -0.39 is 5.97 Å². The lowest BCUT2D eigenvalue weighted by Gasteiger charge is -1.99. The van der Waals surface area contributed by atoms with Crippen molar-refractivity contribution in [2.45, 2.75) is 0 Å². The summed E-state index contributed by atoms with van der Waals surface area (Å²) in [5.41, 5.74) is 7.76. The highest BCUT2D eigenvalue weighted by Gasteiger charge is 2.15. The summed E-state index contributed by atoms with van der Waals surface area (Å²) in [7, 11) is 1.76. The Morgan fingerprint density at radius 3 is 3.06 bits per heavy atom. The monoisotopic (exact) mass is 231 g/mol. The smallest absolute Gasteiger partial charge is 0.352 e. The van der Waals surface area contributed by atoms with Crippen molar-refractivity contribution in [3.8, 4) is 0 Å². The minimum atomic E-state index is -1.03. The van der Waals surface area contributed by atoms with Gasteiger partial charge in [-0.1, -0.05) is 0 Å². The van der Waals surface area contributed by atoms with E-state index in [1.54, 1.807) is 17.9 Å². The number of aromatic carboxylic acids is 1. The normalized spacial score (nSPS) is 11.4. The molecule has 0 aliphatic heterocycles. The van der Waals surface area contributed by atoms with Gasteiger partial charge in [0.25, 0.3) is 0 Å². The molecule has 3 aromatic heterocycles. The molecule has 86 valence electrons. The number of nitrogens with zero attached hydrogens (tertiary/aromatic N) is 3. The van der Waals surface area contributed by atoms with Gasteiger partial charge in [0.05, 0.1) is 17.2 Å². The van der Waals surface area contributed by atoms with Crippen molar-refractivity contribution in [1.82, 2.24) is 19.7 Å². The Bertz CT molecular complexity index is 755. The van der Waals surface area contributed by atoms with E-state index in [9.17, 15) is 4.79 Å². The van der Waals surface area contributed by atoms with Crippen LogP contribution < -0.4 is 5.73 Å². The van der Waals surface area contributed by atoms with Crippen molar-refractivity contribution in [1.29, 1.82) is 0 Å². The number of anilines is 1. The molecule has 0 aromatic carbocycles. The number of rotatable bonds is 1. The van der Waals surface area contributed by atoms with E-state index in [1.165, 1.54) is 6.07 Å². The number of H-pyrrole nitrogens is 1. The Morgan fingerprint density at radius 2 is 2.35 bits per heavy atom. The van der Waals surface area contributed by atoms with Crippen LogP contribution in [0.3, 0.4) is 0 Å². The predicted molar refractivity (Wildman–Crippen MR) is 61.7 cm³/mol. The molecule has 3 aromatic rings. The van der Waals surface area contributed by atoms with Crippen molar-refractivity contribution in [3.63, 3.8) is 0 Å². The number of aryl methyl sites for hydroxylation is 1. The van der Waals surface area contributed by atoms with Crippen LogP contribution in [0, 0.1) is 0 Å². The summed E-state index contributed by atoms with van der Waals surface area (Å²) in [5.74, 6) is -0.693. The molecular formula is C10H9N5O2. The molecule has 0 amide bonds. The van der Waals surface area contributed by atoms with Gasteiger partial charge < -0.3 is 15.8 Å². The molecule has 0 aliphatic rings. The maximum Gasteiger partial charge on any atom is 0.352 e. The summed E-state index contributed by atoms with van der Waals surface area (Å²) in [6.45, 7) is 0. The molecule has 0 bridgehead atoms. The Hall–Kier alpha value is -2.57. The molecule has 3 rings (SSSR count).